The van der Waals surface area contributed by atoms with Crippen molar-refractivity contribution in [3.05, 3.63) is 63.4 Å². The van der Waals surface area contributed by atoms with Crippen LogP contribution in [0.1, 0.15) is 55.6 Å². The van der Waals surface area contributed by atoms with E-state index in [1.54, 1.807) is 19.2 Å². The number of Topliss-reactive ketones (excluding diaryl/α,β-unsaturated/α-hetero) is 2. The van der Waals surface area contributed by atoms with Crippen LogP contribution in [-0.2, 0) is 4.74 Å². The lowest BCUT2D eigenvalue weighted by molar-refractivity contribution is 0.0321. The van der Waals surface area contributed by atoms with E-state index in [-0.39, 0.29) is 11.6 Å². The Balaban J connectivity index is 1.80. The number of nitrogens with one attached hydrogen (secondary N) is 1. The molecule has 0 unspecified atom stereocenters. The Kier molecular flexibility index (Phi) is 5.14. The number of carbonyl (C=O) groups is 3. The molecule has 3 rings (SSSR count). The number of ether oxygens (including phenoxy) is 1. The van der Waals surface area contributed by atoms with Gasteiger partial charge in [-0.05, 0) is 56.8 Å². The number of esters is 1. The number of H-pyrrole nitrogens is 1. The number of ketones is 2. The standard InChI is InChI=1S/C20H20N2O4S/c1-11-16(13(3)23)12(2)21-17(11)18(24)14(4)26-20(25)19-15(7-10-27-19)22-8-5-6-9-22/h5-10,14,21H,1-4H3/t14-/m1/s1. The van der Waals surface area contributed by atoms with Crippen LogP contribution in [0.25, 0.3) is 5.69 Å². The van der Waals surface area contributed by atoms with Crippen LogP contribution in [0.3, 0.4) is 0 Å². The van der Waals surface area contributed by atoms with Crippen LogP contribution < -0.4 is 0 Å². The summed E-state index contributed by atoms with van der Waals surface area (Å²) in [5.41, 5.74) is 2.73. The minimum atomic E-state index is -0.978. The fourth-order valence-corrected chi connectivity index (χ4v) is 3.92. The number of carbonyl (C=O) groups excluding carboxylic acids is 3. The summed E-state index contributed by atoms with van der Waals surface area (Å²) in [6.45, 7) is 6.45. The Morgan fingerprint density at radius 1 is 1.19 bits per heavy atom. The monoisotopic (exact) mass is 384 g/mol. The maximum Gasteiger partial charge on any atom is 0.351 e. The maximum absolute atomic E-state index is 12.8. The van der Waals surface area contributed by atoms with E-state index >= 15 is 0 Å². The Bertz CT molecular complexity index is 1010. The van der Waals surface area contributed by atoms with Crippen LogP contribution >= 0.6 is 11.3 Å². The topological polar surface area (TPSA) is 81.2 Å². The highest BCUT2D eigenvalue weighted by Gasteiger charge is 2.27. The van der Waals surface area contributed by atoms with Crippen molar-refractivity contribution in [3.63, 3.8) is 0 Å². The predicted molar refractivity (Wildman–Crippen MR) is 103 cm³/mol. The van der Waals surface area contributed by atoms with E-state index in [0.717, 1.165) is 0 Å². The van der Waals surface area contributed by atoms with E-state index in [0.29, 0.717) is 33.1 Å². The van der Waals surface area contributed by atoms with E-state index in [4.69, 9.17) is 4.74 Å². The third-order valence-corrected chi connectivity index (χ3v) is 5.29. The highest BCUT2D eigenvalue weighted by atomic mass is 32.1. The average molecular weight is 384 g/mol. The van der Waals surface area contributed by atoms with E-state index in [1.807, 2.05) is 35.2 Å². The zero-order valence-electron chi connectivity index (χ0n) is 15.5. The number of aromatic nitrogens is 2. The van der Waals surface area contributed by atoms with Crippen molar-refractivity contribution >= 4 is 28.9 Å². The van der Waals surface area contributed by atoms with Gasteiger partial charge < -0.3 is 14.3 Å². The molecule has 0 saturated heterocycles. The summed E-state index contributed by atoms with van der Waals surface area (Å²) in [5.74, 6) is -1.03. The summed E-state index contributed by atoms with van der Waals surface area (Å²) >= 11 is 1.26. The summed E-state index contributed by atoms with van der Waals surface area (Å²) in [4.78, 5) is 40.5. The third-order valence-electron chi connectivity index (χ3n) is 4.40. The molecule has 0 spiro atoms. The van der Waals surface area contributed by atoms with Gasteiger partial charge in [0, 0.05) is 23.7 Å². The molecule has 3 aromatic rings. The summed E-state index contributed by atoms with van der Waals surface area (Å²) < 4.78 is 7.23. The van der Waals surface area contributed by atoms with Gasteiger partial charge in [0.2, 0.25) is 5.78 Å². The molecule has 6 nitrogen and oxygen atoms in total. The lowest BCUT2D eigenvalue weighted by Crippen LogP contribution is -2.25. The highest BCUT2D eigenvalue weighted by molar-refractivity contribution is 7.12. The minimum Gasteiger partial charge on any atom is -0.450 e. The Hall–Kier alpha value is -2.93. The quantitative estimate of drug-likeness (QED) is 0.512. The van der Waals surface area contributed by atoms with Crippen LogP contribution in [0.2, 0.25) is 0 Å². The number of nitrogens with zero attached hydrogens (tertiary/aromatic N) is 1. The molecular formula is C20H20N2O4S. The molecule has 7 heteroatoms. The number of thiophene rings is 1. The Morgan fingerprint density at radius 3 is 2.44 bits per heavy atom. The molecule has 0 radical (unpaired) electrons. The summed E-state index contributed by atoms with van der Waals surface area (Å²) in [7, 11) is 0. The number of hydrogen-bond acceptors (Lipinski definition) is 5. The van der Waals surface area contributed by atoms with Gasteiger partial charge in [-0.25, -0.2) is 4.79 Å². The second-order valence-electron chi connectivity index (χ2n) is 6.32. The van der Waals surface area contributed by atoms with Gasteiger partial charge >= 0.3 is 5.97 Å². The van der Waals surface area contributed by atoms with Crippen molar-refractivity contribution in [2.24, 2.45) is 0 Å². The summed E-state index contributed by atoms with van der Waals surface area (Å²) in [6, 6.07) is 5.55. The number of aryl methyl sites for hydroxylation is 1. The van der Waals surface area contributed by atoms with Gasteiger partial charge in [-0.2, -0.15) is 0 Å². The largest absolute Gasteiger partial charge is 0.450 e. The molecule has 0 saturated carbocycles. The van der Waals surface area contributed by atoms with Gasteiger partial charge in [-0.3, -0.25) is 9.59 Å². The van der Waals surface area contributed by atoms with Gasteiger partial charge in [-0.1, -0.05) is 0 Å². The van der Waals surface area contributed by atoms with Crippen LogP contribution in [0, 0.1) is 13.8 Å². The average Bonchev–Trinajstić information content (AvgIpc) is 3.33. The van der Waals surface area contributed by atoms with E-state index in [1.165, 1.54) is 25.2 Å². The van der Waals surface area contributed by atoms with Gasteiger partial charge in [-0.15, -0.1) is 11.3 Å². The van der Waals surface area contributed by atoms with Crippen molar-refractivity contribution in [2.45, 2.75) is 33.8 Å². The molecule has 27 heavy (non-hydrogen) atoms. The molecule has 3 aromatic heterocycles. The fraction of sp³-hybridized carbons (Fsp3) is 0.250. The minimum absolute atomic E-state index is 0.111. The molecule has 0 fully saturated rings. The fourth-order valence-electron chi connectivity index (χ4n) is 3.15. The highest BCUT2D eigenvalue weighted by Crippen LogP contribution is 2.24. The molecule has 0 amide bonds. The van der Waals surface area contributed by atoms with Crippen molar-refractivity contribution in [3.8, 4) is 5.69 Å². The second-order valence-corrected chi connectivity index (χ2v) is 7.23. The normalized spacial score (nSPS) is 12.0. The number of aromatic amines is 1. The number of hydrogen-bond donors (Lipinski definition) is 1. The van der Waals surface area contributed by atoms with Crippen LogP contribution in [0.5, 0.6) is 0 Å². The molecule has 0 aliphatic rings. The Labute approximate surface area is 160 Å². The van der Waals surface area contributed by atoms with Crippen molar-refractivity contribution in [2.75, 3.05) is 0 Å². The molecule has 0 aliphatic heterocycles. The molecule has 0 aliphatic carbocycles. The number of rotatable bonds is 6. The van der Waals surface area contributed by atoms with E-state index < -0.39 is 12.1 Å². The first-order valence-electron chi connectivity index (χ1n) is 8.47. The van der Waals surface area contributed by atoms with Crippen LogP contribution in [-0.4, -0.2) is 33.2 Å². The van der Waals surface area contributed by atoms with Gasteiger partial charge in [0.15, 0.2) is 11.9 Å². The second kappa shape index (κ2) is 7.36. The predicted octanol–water partition coefficient (Wildman–Crippen LogP) is 4.11. The van der Waals surface area contributed by atoms with Crippen molar-refractivity contribution in [1.82, 2.24) is 9.55 Å². The smallest absolute Gasteiger partial charge is 0.351 e. The summed E-state index contributed by atoms with van der Waals surface area (Å²) in [6.07, 6.45) is 2.69. The van der Waals surface area contributed by atoms with Gasteiger partial charge in [0.1, 0.15) is 4.88 Å². The van der Waals surface area contributed by atoms with Crippen molar-refractivity contribution < 1.29 is 19.1 Å². The first kappa shape index (κ1) is 18.8. The lowest BCUT2D eigenvalue weighted by Gasteiger charge is -2.12. The third kappa shape index (κ3) is 3.50. The summed E-state index contributed by atoms with van der Waals surface area (Å²) in [5, 5.41) is 1.80. The Morgan fingerprint density at radius 2 is 1.85 bits per heavy atom. The first-order valence-corrected chi connectivity index (χ1v) is 9.35. The van der Waals surface area contributed by atoms with Gasteiger partial charge in [0.25, 0.3) is 0 Å². The zero-order chi connectivity index (χ0) is 19.7. The molecule has 0 bridgehead atoms. The lowest BCUT2D eigenvalue weighted by atomic mass is 10.0. The van der Waals surface area contributed by atoms with Gasteiger partial charge in [0.05, 0.1) is 11.4 Å². The first-order chi connectivity index (χ1) is 12.8. The molecule has 1 N–H and O–H groups in total. The molecule has 140 valence electrons. The molecule has 0 aromatic carbocycles. The van der Waals surface area contributed by atoms with Crippen LogP contribution in [0.15, 0.2) is 36.0 Å². The molecule has 1 atom stereocenters. The maximum atomic E-state index is 12.8. The molecular weight excluding hydrogens is 364 g/mol. The molecule has 3 heterocycles. The SMILES string of the molecule is CC(=O)c1c(C)[nH]c(C(=O)[C@@H](C)OC(=O)c2sccc2-n2cccc2)c1C. The zero-order valence-corrected chi connectivity index (χ0v) is 16.3. The van der Waals surface area contributed by atoms with E-state index in [2.05, 4.69) is 4.98 Å². The van der Waals surface area contributed by atoms with Crippen LogP contribution in [0.4, 0.5) is 0 Å². The van der Waals surface area contributed by atoms with E-state index in [9.17, 15) is 14.4 Å². The van der Waals surface area contributed by atoms with Crippen molar-refractivity contribution in [1.29, 1.82) is 0 Å².